The largest absolute Gasteiger partial charge is 0.477 e. The number of benzene rings is 1. The number of alkyl halides is 3. The zero-order valence-electron chi connectivity index (χ0n) is 24.3. The van der Waals surface area contributed by atoms with Crippen LogP contribution >= 0.6 is 0 Å². The Hall–Kier alpha value is -3.25. The fourth-order valence-electron chi connectivity index (χ4n) is 6.49. The number of nitrogens with zero attached hydrogens (tertiary/aromatic N) is 3. The molecule has 3 fully saturated rings. The summed E-state index contributed by atoms with van der Waals surface area (Å²) in [5.41, 5.74) is -2.08. The molecule has 0 radical (unpaired) electrons. The Morgan fingerprint density at radius 3 is 2.37 bits per heavy atom. The van der Waals surface area contributed by atoms with E-state index >= 15 is 4.39 Å². The van der Waals surface area contributed by atoms with Crippen molar-refractivity contribution in [1.82, 2.24) is 14.8 Å². The van der Waals surface area contributed by atoms with Crippen molar-refractivity contribution in [3.8, 4) is 17.0 Å². The van der Waals surface area contributed by atoms with E-state index in [-0.39, 0.29) is 43.8 Å². The Kier molecular flexibility index (Phi) is 8.72. The molecular formula is C31H37F4N3O5. The summed E-state index contributed by atoms with van der Waals surface area (Å²) in [6, 6.07) is 7.52. The Morgan fingerprint density at radius 1 is 1.12 bits per heavy atom. The molecule has 0 bridgehead atoms. The molecule has 2 atom stereocenters. The van der Waals surface area contributed by atoms with Gasteiger partial charge in [-0.3, -0.25) is 4.79 Å². The van der Waals surface area contributed by atoms with Crippen LogP contribution in [0.3, 0.4) is 0 Å². The molecule has 2 aliphatic heterocycles. The summed E-state index contributed by atoms with van der Waals surface area (Å²) in [7, 11) is 1.19. The topological polar surface area (TPSA) is 92.2 Å². The van der Waals surface area contributed by atoms with Gasteiger partial charge in [-0.15, -0.1) is 0 Å². The van der Waals surface area contributed by atoms with Gasteiger partial charge < -0.3 is 24.4 Å². The lowest BCUT2D eigenvalue weighted by atomic mass is 9.67. The average molecular weight is 608 g/mol. The minimum atomic E-state index is -4.15. The highest BCUT2D eigenvalue weighted by Gasteiger charge is 2.58. The normalized spacial score (nSPS) is 24.4. The molecule has 1 aromatic carbocycles. The Bertz CT molecular complexity index is 1330. The molecule has 234 valence electrons. The van der Waals surface area contributed by atoms with E-state index in [2.05, 4.69) is 4.98 Å². The SMILES string of the molecule is COC(=O)C1(C)CC(O)CN1C(=O)c1ccc(-c2ccc(OCC3CCN(CC4(C(F)(F)F)CCC4)CC3)nc2)cc1F. The first-order chi connectivity index (χ1) is 20.3. The van der Waals surface area contributed by atoms with Crippen molar-refractivity contribution < 1.29 is 41.7 Å². The van der Waals surface area contributed by atoms with Gasteiger partial charge in [0.2, 0.25) is 5.88 Å². The fourth-order valence-corrected chi connectivity index (χ4v) is 6.49. The number of aliphatic hydroxyl groups excluding tert-OH is 1. The van der Waals surface area contributed by atoms with E-state index in [9.17, 15) is 27.9 Å². The summed E-state index contributed by atoms with van der Waals surface area (Å²) in [6.07, 6.45) is -0.971. The van der Waals surface area contributed by atoms with Crippen LogP contribution < -0.4 is 4.74 Å². The van der Waals surface area contributed by atoms with E-state index in [1.54, 1.807) is 18.2 Å². The van der Waals surface area contributed by atoms with Gasteiger partial charge in [-0.25, -0.2) is 14.2 Å². The van der Waals surface area contributed by atoms with Crippen molar-refractivity contribution in [1.29, 1.82) is 0 Å². The molecule has 5 rings (SSSR count). The third-order valence-electron chi connectivity index (χ3n) is 9.37. The number of carbonyl (C=O) groups is 2. The molecular weight excluding hydrogens is 570 g/mol. The number of β-amino-alcohol motifs (C(OH)–C–C–N with tert-alkyl or cyclic N) is 1. The van der Waals surface area contributed by atoms with Crippen LogP contribution in [0.25, 0.3) is 11.1 Å². The predicted molar refractivity (Wildman–Crippen MR) is 149 cm³/mol. The van der Waals surface area contributed by atoms with Gasteiger partial charge in [0.05, 0.1) is 30.8 Å². The summed E-state index contributed by atoms with van der Waals surface area (Å²) in [5.74, 6) is -1.57. The molecule has 1 saturated carbocycles. The molecule has 12 heteroatoms. The summed E-state index contributed by atoms with van der Waals surface area (Å²) in [4.78, 5) is 32.9. The first kappa shape index (κ1) is 31.2. The number of hydrogen-bond acceptors (Lipinski definition) is 7. The minimum Gasteiger partial charge on any atom is -0.477 e. The van der Waals surface area contributed by atoms with Crippen LogP contribution in [-0.4, -0.2) is 89.5 Å². The van der Waals surface area contributed by atoms with Crippen molar-refractivity contribution >= 4 is 11.9 Å². The molecule has 3 aliphatic rings. The molecule has 0 spiro atoms. The maximum atomic E-state index is 15.1. The number of hydrogen-bond donors (Lipinski definition) is 1. The van der Waals surface area contributed by atoms with Crippen molar-refractivity contribution in [2.45, 2.75) is 63.3 Å². The minimum absolute atomic E-state index is 0.00696. The number of amides is 1. The molecule has 2 saturated heterocycles. The Balaban J connectivity index is 1.15. The molecule has 1 amide bonds. The third-order valence-corrected chi connectivity index (χ3v) is 9.37. The zero-order chi connectivity index (χ0) is 31.0. The second-order valence-electron chi connectivity index (χ2n) is 12.3. The number of aliphatic hydroxyl groups is 1. The highest BCUT2D eigenvalue weighted by molar-refractivity contribution is 5.99. The maximum absolute atomic E-state index is 15.1. The number of pyridine rings is 1. The number of piperidine rings is 1. The second-order valence-corrected chi connectivity index (χ2v) is 12.3. The van der Waals surface area contributed by atoms with Crippen LogP contribution in [0.4, 0.5) is 17.6 Å². The van der Waals surface area contributed by atoms with E-state index in [1.165, 1.54) is 32.4 Å². The highest BCUT2D eigenvalue weighted by Crippen LogP contribution is 2.53. The smallest absolute Gasteiger partial charge is 0.395 e. The number of methoxy groups -OCH3 is 1. The van der Waals surface area contributed by atoms with Crippen molar-refractivity contribution in [3.05, 3.63) is 47.9 Å². The summed E-state index contributed by atoms with van der Waals surface area (Å²) >= 11 is 0. The van der Waals surface area contributed by atoms with Gasteiger partial charge >= 0.3 is 12.1 Å². The second kappa shape index (κ2) is 12.0. The van der Waals surface area contributed by atoms with Crippen molar-refractivity contribution in [2.24, 2.45) is 11.3 Å². The first-order valence-corrected chi connectivity index (χ1v) is 14.6. The number of carbonyl (C=O) groups excluding carboxylic acids is 2. The zero-order valence-corrected chi connectivity index (χ0v) is 24.3. The number of aromatic nitrogens is 1. The highest BCUT2D eigenvalue weighted by atomic mass is 19.4. The number of rotatable bonds is 8. The molecule has 3 heterocycles. The number of likely N-dealkylation sites (tertiary alicyclic amines) is 2. The quantitative estimate of drug-likeness (QED) is 0.339. The molecule has 1 aliphatic carbocycles. The van der Waals surface area contributed by atoms with Gasteiger partial charge in [-0.05, 0) is 75.4 Å². The molecule has 2 unspecified atom stereocenters. The van der Waals surface area contributed by atoms with Gasteiger partial charge in [0, 0.05) is 37.3 Å². The molecule has 1 aromatic heterocycles. The lowest BCUT2D eigenvalue weighted by molar-refractivity contribution is -0.256. The van der Waals surface area contributed by atoms with Crippen LogP contribution in [-0.2, 0) is 9.53 Å². The van der Waals surface area contributed by atoms with Crippen molar-refractivity contribution in [2.75, 3.05) is 39.9 Å². The maximum Gasteiger partial charge on any atom is 0.395 e. The van der Waals surface area contributed by atoms with Gasteiger partial charge in [0.1, 0.15) is 11.4 Å². The standard InChI is InChI=1S/C31H37F4N3O5/c1-29(28(41)42-2)15-23(39)17-38(29)27(40)24-6-4-21(14-25(24)32)22-5-7-26(36-16-22)43-18-20-8-12-37(13-9-20)19-30(10-3-11-30)31(33,34)35/h4-7,14,16,20,23,39H,3,8-13,15,17-19H2,1-2H3. The summed E-state index contributed by atoms with van der Waals surface area (Å²) in [6.45, 7) is 3.09. The first-order valence-electron chi connectivity index (χ1n) is 14.6. The van der Waals surface area contributed by atoms with Crippen LogP contribution in [0.15, 0.2) is 36.5 Å². The van der Waals surface area contributed by atoms with Gasteiger partial charge in [-0.1, -0.05) is 12.5 Å². The Labute approximate surface area is 248 Å². The molecule has 8 nitrogen and oxygen atoms in total. The average Bonchev–Trinajstić information content (AvgIpc) is 3.28. The van der Waals surface area contributed by atoms with Crippen LogP contribution in [0.5, 0.6) is 5.88 Å². The van der Waals surface area contributed by atoms with E-state index in [0.717, 1.165) is 17.7 Å². The predicted octanol–water partition coefficient (Wildman–Crippen LogP) is 4.85. The number of esters is 1. The van der Waals surface area contributed by atoms with Gasteiger partial charge in [0.15, 0.2) is 0 Å². The van der Waals surface area contributed by atoms with Crippen molar-refractivity contribution in [3.63, 3.8) is 0 Å². The molecule has 1 N–H and O–H groups in total. The lowest BCUT2D eigenvalue weighted by Crippen LogP contribution is -2.53. The molecule has 43 heavy (non-hydrogen) atoms. The van der Waals surface area contributed by atoms with Crippen LogP contribution in [0, 0.1) is 17.2 Å². The summed E-state index contributed by atoms with van der Waals surface area (Å²) < 4.78 is 66.4. The van der Waals surface area contributed by atoms with E-state index in [1.807, 2.05) is 4.90 Å². The van der Waals surface area contributed by atoms with E-state index < -0.39 is 40.9 Å². The van der Waals surface area contributed by atoms with Gasteiger partial charge in [0.25, 0.3) is 5.91 Å². The third kappa shape index (κ3) is 6.22. The Morgan fingerprint density at radius 2 is 1.81 bits per heavy atom. The van der Waals surface area contributed by atoms with Crippen LogP contribution in [0.2, 0.25) is 0 Å². The summed E-state index contributed by atoms with van der Waals surface area (Å²) in [5, 5.41) is 10.1. The lowest BCUT2D eigenvalue weighted by Gasteiger charge is -2.47. The number of ether oxygens (including phenoxy) is 2. The monoisotopic (exact) mass is 607 g/mol. The number of halogens is 4. The van der Waals surface area contributed by atoms with Crippen LogP contribution in [0.1, 0.15) is 55.8 Å². The molecule has 2 aromatic rings. The fraction of sp³-hybridized carbons (Fsp3) is 0.581. The van der Waals surface area contributed by atoms with E-state index in [4.69, 9.17) is 9.47 Å². The van der Waals surface area contributed by atoms with Gasteiger partial charge in [-0.2, -0.15) is 13.2 Å². The van der Waals surface area contributed by atoms with E-state index in [0.29, 0.717) is 43.1 Å².